The minimum absolute atomic E-state index is 0.0194. The first-order valence-corrected chi connectivity index (χ1v) is 4.80. The number of halogens is 1. The minimum Gasteiger partial charge on any atom is -0.506 e. The molecule has 0 aromatic carbocycles. The number of nitrogens with two attached hydrogens (primary N) is 1. The zero-order valence-corrected chi connectivity index (χ0v) is 9.32. The van der Waals surface area contributed by atoms with Crippen LogP contribution in [0, 0.1) is 3.57 Å². The van der Waals surface area contributed by atoms with Crippen molar-refractivity contribution in [1.29, 1.82) is 0 Å². The molecule has 0 aliphatic heterocycles. The van der Waals surface area contributed by atoms with E-state index in [0.29, 0.717) is 5.69 Å². The van der Waals surface area contributed by atoms with Crippen molar-refractivity contribution in [3.63, 3.8) is 0 Å². The first-order valence-electron chi connectivity index (χ1n) is 3.72. The average molecular weight is 294 g/mol. The van der Waals surface area contributed by atoms with E-state index in [0.717, 1.165) is 3.57 Å². The van der Waals surface area contributed by atoms with E-state index >= 15 is 0 Å². The summed E-state index contributed by atoms with van der Waals surface area (Å²) < 4.78 is 0.826. The molecule has 0 radical (unpaired) electrons. The first kappa shape index (κ1) is 10.7. The zero-order chi connectivity index (χ0) is 10.1. The number of nitrogens with zero attached hydrogens (tertiary/aromatic N) is 1. The second-order valence-corrected chi connectivity index (χ2v) is 4.34. The fourth-order valence-corrected chi connectivity index (χ4v) is 1.38. The van der Waals surface area contributed by atoms with Crippen molar-refractivity contribution in [3.05, 3.63) is 21.5 Å². The molecule has 4 nitrogen and oxygen atoms in total. The normalized spacial score (nSPS) is 15.4. The number of aromatic hydroxyl groups is 1. The summed E-state index contributed by atoms with van der Waals surface area (Å²) in [6.07, 6.45) is 1.59. The summed E-state index contributed by atoms with van der Waals surface area (Å²) in [5, 5.41) is 18.5. The SMILES string of the molecule is C[C@](N)(CO)c1ncc(I)cc1O. The number of aliphatic hydroxyl groups is 1. The highest BCUT2D eigenvalue weighted by Gasteiger charge is 2.25. The largest absolute Gasteiger partial charge is 0.506 e. The number of hydrogen-bond donors (Lipinski definition) is 3. The van der Waals surface area contributed by atoms with Gasteiger partial charge in [-0.25, -0.2) is 0 Å². The molecule has 0 unspecified atom stereocenters. The Kier molecular flexibility index (Phi) is 3.09. The van der Waals surface area contributed by atoms with Crippen molar-refractivity contribution in [2.45, 2.75) is 12.5 Å². The van der Waals surface area contributed by atoms with Gasteiger partial charge in [0.1, 0.15) is 11.4 Å². The predicted molar refractivity (Wildman–Crippen MR) is 57.2 cm³/mol. The summed E-state index contributed by atoms with van der Waals surface area (Å²) >= 11 is 2.04. The zero-order valence-electron chi connectivity index (χ0n) is 7.16. The van der Waals surface area contributed by atoms with Gasteiger partial charge in [-0.1, -0.05) is 0 Å². The van der Waals surface area contributed by atoms with Crippen LogP contribution < -0.4 is 5.73 Å². The monoisotopic (exact) mass is 294 g/mol. The summed E-state index contributed by atoms with van der Waals surface area (Å²) in [4.78, 5) is 3.98. The molecule has 0 amide bonds. The third kappa shape index (κ3) is 2.29. The summed E-state index contributed by atoms with van der Waals surface area (Å²) in [6, 6.07) is 1.56. The van der Waals surface area contributed by atoms with Crippen molar-refractivity contribution >= 4 is 22.6 Å². The topological polar surface area (TPSA) is 79.4 Å². The highest BCUT2D eigenvalue weighted by atomic mass is 127. The van der Waals surface area contributed by atoms with Gasteiger partial charge < -0.3 is 15.9 Å². The average Bonchev–Trinajstić information content (AvgIpc) is 2.03. The van der Waals surface area contributed by atoms with E-state index in [4.69, 9.17) is 10.8 Å². The van der Waals surface area contributed by atoms with E-state index in [1.807, 2.05) is 22.6 Å². The van der Waals surface area contributed by atoms with Gasteiger partial charge in [0.15, 0.2) is 0 Å². The van der Waals surface area contributed by atoms with Crippen molar-refractivity contribution in [1.82, 2.24) is 4.98 Å². The number of aliphatic hydroxyl groups excluding tert-OH is 1. The number of rotatable bonds is 2. The van der Waals surface area contributed by atoms with Crippen molar-refractivity contribution in [3.8, 4) is 5.75 Å². The second kappa shape index (κ2) is 3.77. The third-order valence-electron chi connectivity index (χ3n) is 1.70. The van der Waals surface area contributed by atoms with Crippen LogP contribution in [-0.4, -0.2) is 21.8 Å². The summed E-state index contributed by atoms with van der Waals surface area (Å²) in [7, 11) is 0. The van der Waals surface area contributed by atoms with E-state index in [1.165, 1.54) is 0 Å². The fourth-order valence-electron chi connectivity index (χ4n) is 0.944. The van der Waals surface area contributed by atoms with Gasteiger partial charge in [-0.3, -0.25) is 4.98 Å². The molecule has 0 bridgehead atoms. The molecule has 0 fully saturated rings. The minimum atomic E-state index is -0.992. The van der Waals surface area contributed by atoms with Gasteiger partial charge in [0.25, 0.3) is 0 Å². The molecule has 0 saturated heterocycles. The Balaban J connectivity index is 3.16. The number of aromatic nitrogens is 1. The Hall–Kier alpha value is -0.400. The van der Waals surface area contributed by atoms with E-state index in [9.17, 15) is 5.11 Å². The second-order valence-electron chi connectivity index (χ2n) is 3.10. The molecule has 1 heterocycles. The standard InChI is InChI=1S/C8H11IN2O2/c1-8(10,4-12)7-6(13)2-5(9)3-11-7/h2-3,12-13H,4,10H2,1H3/t8-/m0/s1. The molecule has 1 rings (SSSR count). The molecule has 0 spiro atoms. The van der Waals surface area contributed by atoms with Gasteiger partial charge in [-0.05, 0) is 35.6 Å². The fraction of sp³-hybridized carbons (Fsp3) is 0.375. The smallest absolute Gasteiger partial charge is 0.140 e. The Morgan fingerprint density at radius 1 is 1.69 bits per heavy atom. The van der Waals surface area contributed by atoms with Crippen LogP contribution >= 0.6 is 22.6 Å². The molecule has 0 aliphatic carbocycles. The van der Waals surface area contributed by atoms with E-state index < -0.39 is 5.54 Å². The number of hydrogen-bond acceptors (Lipinski definition) is 4. The van der Waals surface area contributed by atoms with Gasteiger partial charge in [0, 0.05) is 9.77 Å². The highest BCUT2D eigenvalue weighted by Crippen LogP contribution is 2.25. The molecular formula is C8H11IN2O2. The maximum Gasteiger partial charge on any atom is 0.140 e. The van der Waals surface area contributed by atoms with Crippen molar-refractivity contribution in [2.75, 3.05) is 6.61 Å². The van der Waals surface area contributed by atoms with Gasteiger partial charge in [-0.15, -0.1) is 0 Å². The molecule has 0 aliphatic rings. The lowest BCUT2D eigenvalue weighted by Gasteiger charge is -2.21. The Labute approximate surface area is 89.9 Å². The quantitative estimate of drug-likeness (QED) is 0.696. The van der Waals surface area contributed by atoms with Crippen LogP contribution in [0.2, 0.25) is 0 Å². The van der Waals surface area contributed by atoms with Crippen LogP contribution in [0.5, 0.6) is 5.75 Å². The van der Waals surface area contributed by atoms with Gasteiger partial charge in [-0.2, -0.15) is 0 Å². The van der Waals surface area contributed by atoms with Crippen LogP contribution in [-0.2, 0) is 5.54 Å². The molecule has 13 heavy (non-hydrogen) atoms. The van der Waals surface area contributed by atoms with E-state index in [2.05, 4.69) is 4.98 Å². The predicted octanol–water partition coefficient (Wildman–Crippen LogP) is 0.558. The highest BCUT2D eigenvalue weighted by molar-refractivity contribution is 14.1. The summed E-state index contributed by atoms with van der Waals surface area (Å²) in [5.74, 6) is 0.0194. The molecule has 0 saturated carbocycles. The molecular weight excluding hydrogens is 283 g/mol. The molecule has 72 valence electrons. The van der Waals surface area contributed by atoms with Crippen molar-refractivity contribution < 1.29 is 10.2 Å². The van der Waals surface area contributed by atoms with Gasteiger partial charge >= 0.3 is 0 Å². The lowest BCUT2D eigenvalue weighted by molar-refractivity contribution is 0.203. The van der Waals surface area contributed by atoms with Gasteiger partial charge in [0.2, 0.25) is 0 Å². The summed E-state index contributed by atoms with van der Waals surface area (Å²) in [6.45, 7) is 1.36. The maximum absolute atomic E-state index is 9.50. The first-order chi connectivity index (χ1) is 5.97. The lowest BCUT2D eigenvalue weighted by atomic mass is 9.99. The Morgan fingerprint density at radius 2 is 2.31 bits per heavy atom. The Morgan fingerprint density at radius 3 is 2.77 bits per heavy atom. The number of pyridine rings is 1. The Bertz CT molecular complexity index is 315. The van der Waals surface area contributed by atoms with Crippen LogP contribution in [0.3, 0.4) is 0 Å². The van der Waals surface area contributed by atoms with Crippen LogP contribution in [0.15, 0.2) is 12.3 Å². The molecule has 1 aromatic rings. The maximum atomic E-state index is 9.50. The summed E-state index contributed by atoms with van der Waals surface area (Å²) in [5.41, 5.74) is 5.04. The molecule has 4 N–H and O–H groups in total. The lowest BCUT2D eigenvalue weighted by Crippen LogP contribution is -2.37. The molecule has 5 heteroatoms. The third-order valence-corrected chi connectivity index (χ3v) is 2.29. The van der Waals surface area contributed by atoms with E-state index in [-0.39, 0.29) is 12.4 Å². The van der Waals surface area contributed by atoms with Gasteiger partial charge in [0.05, 0.1) is 12.1 Å². The van der Waals surface area contributed by atoms with Crippen LogP contribution in [0.1, 0.15) is 12.6 Å². The van der Waals surface area contributed by atoms with Crippen molar-refractivity contribution in [2.24, 2.45) is 5.73 Å². The van der Waals surface area contributed by atoms with E-state index in [1.54, 1.807) is 19.2 Å². The molecule has 1 atom stereocenters. The van der Waals surface area contributed by atoms with Crippen LogP contribution in [0.25, 0.3) is 0 Å². The van der Waals surface area contributed by atoms with Crippen LogP contribution in [0.4, 0.5) is 0 Å². The molecule has 1 aromatic heterocycles.